The van der Waals surface area contributed by atoms with Gasteiger partial charge in [-0.3, -0.25) is 4.79 Å². The second-order valence-electron chi connectivity index (χ2n) is 6.50. The predicted molar refractivity (Wildman–Crippen MR) is 93.5 cm³/mol. The number of carbonyl (C=O) groups excluding carboxylic acids is 1. The summed E-state index contributed by atoms with van der Waals surface area (Å²) in [5, 5.41) is 6.03. The van der Waals surface area contributed by atoms with Gasteiger partial charge in [0.2, 0.25) is 15.9 Å². The lowest BCUT2D eigenvalue weighted by Gasteiger charge is -2.13. The van der Waals surface area contributed by atoms with Crippen LogP contribution >= 0.6 is 0 Å². The molecule has 0 aliphatic carbocycles. The van der Waals surface area contributed by atoms with Crippen LogP contribution in [0.15, 0.2) is 29.2 Å². The highest BCUT2D eigenvalue weighted by molar-refractivity contribution is 7.89. The molecule has 1 amide bonds. The van der Waals surface area contributed by atoms with E-state index >= 15 is 0 Å². The molecule has 0 radical (unpaired) electrons. The van der Waals surface area contributed by atoms with Crippen LogP contribution in [-0.2, 0) is 26.1 Å². The van der Waals surface area contributed by atoms with E-state index < -0.39 is 10.0 Å². The molecule has 1 aromatic carbocycles. The van der Waals surface area contributed by atoms with Crippen molar-refractivity contribution in [3.05, 3.63) is 29.8 Å². The molecular weight excluding hydrogens is 342 g/mol. The van der Waals surface area contributed by atoms with Gasteiger partial charge in [0, 0.05) is 19.7 Å². The second-order valence-corrected chi connectivity index (χ2v) is 8.26. The summed E-state index contributed by atoms with van der Waals surface area (Å²) in [6.07, 6.45) is 3.71. The highest BCUT2D eigenvalue weighted by atomic mass is 32.2. The molecule has 0 saturated carbocycles. The van der Waals surface area contributed by atoms with Gasteiger partial charge < -0.3 is 15.4 Å². The molecule has 0 bridgehead atoms. The average Bonchev–Trinajstić information content (AvgIpc) is 3.31. The first kappa shape index (κ1) is 18.3. The van der Waals surface area contributed by atoms with Gasteiger partial charge in [-0.2, -0.15) is 0 Å². The van der Waals surface area contributed by atoms with Crippen LogP contribution in [0.2, 0.25) is 0 Å². The molecule has 2 saturated heterocycles. The molecular formula is C17H25N3O4S. The van der Waals surface area contributed by atoms with Crippen LogP contribution in [0.4, 0.5) is 0 Å². The SMILES string of the molecule is O=C(NCc1ccc(S(=O)(=O)NCC2CCCO2)cc1)C1CCCN1. The van der Waals surface area contributed by atoms with Crippen LogP contribution < -0.4 is 15.4 Å². The topological polar surface area (TPSA) is 96.5 Å². The second kappa shape index (κ2) is 8.27. The zero-order valence-electron chi connectivity index (χ0n) is 14.2. The number of carbonyl (C=O) groups is 1. The number of sulfonamides is 1. The van der Waals surface area contributed by atoms with Gasteiger partial charge in [-0.05, 0) is 49.9 Å². The van der Waals surface area contributed by atoms with Gasteiger partial charge in [0.05, 0.1) is 17.0 Å². The molecule has 3 N–H and O–H groups in total. The van der Waals surface area contributed by atoms with E-state index in [1.165, 1.54) is 0 Å². The Labute approximate surface area is 148 Å². The Bertz CT molecular complexity index is 678. The zero-order valence-corrected chi connectivity index (χ0v) is 15.0. The van der Waals surface area contributed by atoms with Gasteiger partial charge >= 0.3 is 0 Å². The quantitative estimate of drug-likeness (QED) is 0.653. The van der Waals surface area contributed by atoms with Crippen molar-refractivity contribution < 1.29 is 17.9 Å². The van der Waals surface area contributed by atoms with Crippen LogP contribution in [0.1, 0.15) is 31.2 Å². The van der Waals surface area contributed by atoms with Crippen LogP contribution in [-0.4, -0.2) is 46.2 Å². The standard InChI is InChI=1S/C17H25N3O4S/c21-17(16-4-1-9-18-16)19-11-13-5-7-15(8-6-13)25(22,23)20-12-14-3-2-10-24-14/h5-8,14,16,18,20H,1-4,9-12H2,(H,19,21). The lowest BCUT2D eigenvalue weighted by atomic mass is 10.2. The fourth-order valence-electron chi connectivity index (χ4n) is 3.10. The minimum atomic E-state index is -3.54. The number of hydrogen-bond acceptors (Lipinski definition) is 5. The number of nitrogens with one attached hydrogen (secondary N) is 3. The van der Waals surface area contributed by atoms with Crippen LogP contribution in [0, 0.1) is 0 Å². The molecule has 8 heteroatoms. The molecule has 2 fully saturated rings. The van der Waals surface area contributed by atoms with Gasteiger partial charge in [-0.25, -0.2) is 13.1 Å². The Hall–Kier alpha value is -1.48. The van der Waals surface area contributed by atoms with Crippen molar-refractivity contribution in [1.82, 2.24) is 15.4 Å². The molecule has 2 aliphatic heterocycles. The van der Waals surface area contributed by atoms with E-state index in [-0.39, 0.29) is 22.9 Å². The number of benzene rings is 1. The van der Waals surface area contributed by atoms with E-state index in [4.69, 9.17) is 4.74 Å². The Morgan fingerprint density at radius 2 is 2.00 bits per heavy atom. The molecule has 2 heterocycles. The van der Waals surface area contributed by atoms with Gasteiger partial charge in [-0.15, -0.1) is 0 Å². The normalized spacial score (nSPS) is 23.7. The fraction of sp³-hybridized carbons (Fsp3) is 0.588. The largest absolute Gasteiger partial charge is 0.377 e. The number of ether oxygens (including phenoxy) is 1. The van der Waals surface area contributed by atoms with E-state index in [0.29, 0.717) is 19.7 Å². The minimum Gasteiger partial charge on any atom is -0.377 e. The van der Waals surface area contributed by atoms with Gasteiger partial charge in [-0.1, -0.05) is 12.1 Å². The third kappa shape index (κ3) is 5.01. The highest BCUT2D eigenvalue weighted by Gasteiger charge is 2.22. The van der Waals surface area contributed by atoms with E-state index in [0.717, 1.165) is 37.8 Å². The first-order valence-corrected chi connectivity index (χ1v) is 10.2. The summed E-state index contributed by atoms with van der Waals surface area (Å²) in [4.78, 5) is 12.2. The predicted octanol–water partition coefficient (Wildman–Crippen LogP) is 0.512. The van der Waals surface area contributed by atoms with E-state index in [9.17, 15) is 13.2 Å². The lowest BCUT2D eigenvalue weighted by Crippen LogP contribution is -2.40. The summed E-state index contributed by atoms with van der Waals surface area (Å²) in [7, 11) is -3.54. The molecule has 0 spiro atoms. The lowest BCUT2D eigenvalue weighted by molar-refractivity contribution is -0.122. The van der Waals surface area contributed by atoms with E-state index in [2.05, 4.69) is 15.4 Å². The third-order valence-electron chi connectivity index (χ3n) is 4.60. The van der Waals surface area contributed by atoms with Crippen molar-refractivity contribution in [3.8, 4) is 0 Å². The van der Waals surface area contributed by atoms with Crippen molar-refractivity contribution in [2.75, 3.05) is 19.7 Å². The Morgan fingerprint density at radius 1 is 1.20 bits per heavy atom. The number of hydrogen-bond donors (Lipinski definition) is 3. The number of rotatable bonds is 7. The zero-order chi connectivity index (χ0) is 17.7. The minimum absolute atomic E-state index is 0.00701. The average molecular weight is 367 g/mol. The van der Waals surface area contributed by atoms with Crippen molar-refractivity contribution in [3.63, 3.8) is 0 Å². The molecule has 2 aliphatic rings. The molecule has 0 aromatic heterocycles. The molecule has 2 unspecified atom stereocenters. The molecule has 1 aromatic rings. The Kier molecular flexibility index (Phi) is 6.06. The van der Waals surface area contributed by atoms with E-state index in [1.54, 1.807) is 24.3 Å². The maximum absolute atomic E-state index is 12.3. The van der Waals surface area contributed by atoms with Gasteiger partial charge in [0.1, 0.15) is 0 Å². The summed E-state index contributed by atoms with van der Waals surface area (Å²) in [5.74, 6) is -0.00701. The molecule has 2 atom stereocenters. The summed E-state index contributed by atoms with van der Waals surface area (Å²) < 4.78 is 32.6. The summed E-state index contributed by atoms with van der Waals surface area (Å²) >= 11 is 0. The van der Waals surface area contributed by atoms with Crippen molar-refractivity contribution in [2.45, 2.75) is 49.3 Å². The van der Waals surface area contributed by atoms with Crippen molar-refractivity contribution >= 4 is 15.9 Å². The fourth-order valence-corrected chi connectivity index (χ4v) is 4.16. The van der Waals surface area contributed by atoms with E-state index in [1.807, 2.05) is 0 Å². The van der Waals surface area contributed by atoms with Crippen molar-refractivity contribution in [2.24, 2.45) is 0 Å². The highest BCUT2D eigenvalue weighted by Crippen LogP contribution is 2.14. The molecule has 7 nitrogen and oxygen atoms in total. The number of amides is 1. The maximum atomic E-state index is 12.3. The summed E-state index contributed by atoms with van der Waals surface area (Å²) in [5.41, 5.74) is 0.865. The Morgan fingerprint density at radius 3 is 2.64 bits per heavy atom. The van der Waals surface area contributed by atoms with Crippen LogP contribution in [0.5, 0.6) is 0 Å². The molecule has 138 valence electrons. The van der Waals surface area contributed by atoms with Gasteiger partial charge in [0.15, 0.2) is 0 Å². The third-order valence-corrected chi connectivity index (χ3v) is 6.04. The first-order chi connectivity index (χ1) is 12.0. The summed E-state index contributed by atoms with van der Waals surface area (Å²) in [6.45, 7) is 2.27. The molecule has 3 rings (SSSR count). The molecule has 25 heavy (non-hydrogen) atoms. The monoisotopic (exact) mass is 367 g/mol. The van der Waals surface area contributed by atoms with Crippen LogP contribution in [0.3, 0.4) is 0 Å². The maximum Gasteiger partial charge on any atom is 0.240 e. The van der Waals surface area contributed by atoms with Crippen LogP contribution in [0.25, 0.3) is 0 Å². The summed E-state index contributed by atoms with van der Waals surface area (Å²) in [6, 6.07) is 6.47. The van der Waals surface area contributed by atoms with Crippen molar-refractivity contribution in [1.29, 1.82) is 0 Å². The first-order valence-electron chi connectivity index (χ1n) is 8.76. The van der Waals surface area contributed by atoms with Gasteiger partial charge in [0.25, 0.3) is 0 Å². The smallest absolute Gasteiger partial charge is 0.240 e. The Balaban J connectivity index is 1.51.